The van der Waals surface area contributed by atoms with Gasteiger partial charge in [-0.15, -0.1) is 0 Å². The summed E-state index contributed by atoms with van der Waals surface area (Å²) in [4.78, 5) is 55.9. The third-order valence-corrected chi connectivity index (χ3v) is 11.2. The minimum Gasteiger partial charge on any atom is -0.462 e. The van der Waals surface area contributed by atoms with Crippen molar-refractivity contribution in [3.05, 3.63) is 12.2 Å². The van der Waals surface area contributed by atoms with Gasteiger partial charge in [-0.1, -0.05) is 142 Å². The Labute approximate surface area is 338 Å². The summed E-state index contributed by atoms with van der Waals surface area (Å²) in [6.45, 7) is 5.60. The molecule has 1 aliphatic carbocycles. The molecule has 1 rings (SSSR count). The van der Waals surface area contributed by atoms with E-state index in [1.807, 2.05) is 0 Å². The standard InChI is InChI=1S/C43H79O12P/c1-4-5-18-24-35(44)28-29-38-39(41(47)31-40(38)46)30-36(45)25-21-22-26-42(48)53-32-37(33-54-56(50,51)52)55-43(49)27-20-17-15-13-11-9-7-6-8-10-12-14-16-19-23-34(2)3/h28-29,34-35,37-41,44,46-47H,4-27,30-33H2,1-3H3,(H2,50,51,52)/b29-28+/t35-,37+,38+,39+,40+,41-/m0/s1. The highest BCUT2D eigenvalue weighted by molar-refractivity contribution is 7.46. The van der Waals surface area contributed by atoms with Crippen molar-refractivity contribution in [2.24, 2.45) is 17.8 Å². The Balaban J connectivity index is 2.27. The van der Waals surface area contributed by atoms with Crippen LogP contribution < -0.4 is 0 Å². The van der Waals surface area contributed by atoms with Crippen LogP contribution in [0.25, 0.3) is 0 Å². The molecule has 0 unspecified atom stereocenters. The molecule has 328 valence electrons. The number of carbonyl (C=O) groups excluding carboxylic acids is 3. The van der Waals surface area contributed by atoms with E-state index >= 15 is 0 Å². The second kappa shape index (κ2) is 32.2. The third-order valence-electron chi connectivity index (χ3n) is 10.7. The summed E-state index contributed by atoms with van der Waals surface area (Å²) in [5, 5.41) is 31.2. The van der Waals surface area contributed by atoms with Crippen molar-refractivity contribution in [1.82, 2.24) is 0 Å². The monoisotopic (exact) mass is 819 g/mol. The van der Waals surface area contributed by atoms with Crippen LogP contribution in [0.5, 0.6) is 0 Å². The zero-order valence-electron chi connectivity index (χ0n) is 35.0. The average Bonchev–Trinajstić information content (AvgIpc) is 3.39. The maximum atomic E-state index is 12.8. The fraction of sp³-hybridized carbons (Fsp3) is 0.884. The van der Waals surface area contributed by atoms with E-state index in [2.05, 4.69) is 25.3 Å². The summed E-state index contributed by atoms with van der Waals surface area (Å²) in [5.74, 6) is -1.34. The fourth-order valence-electron chi connectivity index (χ4n) is 7.32. The van der Waals surface area contributed by atoms with Gasteiger partial charge in [-0.3, -0.25) is 18.9 Å². The smallest absolute Gasteiger partial charge is 0.462 e. The van der Waals surface area contributed by atoms with Crippen molar-refractivity contribution in [2.75, 3.05) is 13.2 Å². The number of hydrogen-bond acceptors (Lipinski definition) is 10. The normalized spacial score (nSPS) is 19.8. The molecule has 0 aromatic heterocycles. The van der Waals surface area contributed by atoms with Gasteiger partial charge in [-0.2, -0.15) is 0 Å². The van der Waals surface area contributed by atoms with E-state index in [0.29, 0.717) is 25.7 Å². The minimum absolute atomic E-state index is 0.0158. The molecule has 0 aromatic rings. The van der Waals surface area contributed by atoms with Gasteiger partial charge in [-0.05, 0) is 31.6 Å². The van der Waals surface area contributed by atoms with E-state index in [1.54, 1.807) is 12.2 Å². The maximum Gasteiger partial charge on any atom is 0.469 e. The highest BCUT2D eigenvalue weighted by atomic mass is 31.2. The Morgan fingerprint density at radius 1 is 0.696 bits per heavy atom. The molecule has 56 heavy (non-hydrogen) atoms. The second-order valence-corrected chi connectivity index (χ2v) is 17.7. The van der Waals surface area contributed by atoms with Crippen LogP contribution in [0, 0.1) is 17.8 Å². The molecule has 0 saturated heterocycles. The number of esters is 2. The van der Waals surface area contributed by atoms with Crippen LogP contribution in [0.1, 0.15) is 188 Å². The first kappa shape index (κ1) is 52.4. The molecule has 1 aliphatic rings. The number of ether oxygens (including phenoxy) is 2. The molecule has 6 atom stereocenters. The first-order chi connectivity index (χ1) is 26.7. The van der Waals surface area contributed by atoms with Gasteiger partial charge in [0.1, 0.15) is 12.4 Å². The van der Waals surface area contributed by atoms with E-state index in [4.69, 9.17) is 19.3 Å². The number of phosphoric acid groups is 1. The van der Waals surface area contributed by atoms with E-state index in [0.717, 1.165) is 44.4 Å². The molecule has 1 saturated carbocycles. The zero-order chi connectivity index (χ0) is 41.6. The molecule has 12 nitrogen and oxygen atoms in total. The zero-order valence-corrected chi connectivity index (χ0v) is 35.9. The lowest BCUT2D eigenvalue weighted by Crippen LogP contribution is -2.29. The minimum atomic E-state index is -4.84. The quantitative estimate of drug-likeness (QED) is 0.0175. The lowest BCUT2D eigenvalue weighted by atomic mass is 9.87. The van der Waals surface area contributed by atoms with Gasteiger partial charge >= 0.3 is 19.8 Å². The molecule has 0 aliphatic heterocycles. The second-order valence-electron chi connectivity index (χ2n) is 16.5. The first-order valence-electron chi connectivity index (χ1n) is 22.0. The fourth-order valence-corrected chi connectivity index (χ4v) is 7.68. The molecule has 13 heteroatoms. The van der Waals surface area contributed by atoms with E-state index in [1.165, 1.54) is 70.6 Å². The summed E-state index contributed by atoms with van der Waals surface area (Å²) in [6, 6.07) is 0. The number of phosphoric ester groups is 1. The van der Waals surface area contributed by atoms with Crippen LogP contribution in [0.4, 0.5) is 0 Å². The lowest BCUT2D eigenvalue weighted by Gasteiger charge is -2.20. The Bertz CT molecular complexity index is 1110. The van der Waals surface area contributed by atoms with Crippen molar-refractivity contribution >= 4 is 25.5 Å². The van der Waals surface area contributed by atoms with E-state index in [-0.39, 0.29) is 37.9 Å². The number of ketones is 1. The summed E-state index contributed by atoms with van der Waals surface area (Å²) in [5.41, 5.74) is 0. The molecular weight excluding hydrogens is 739 g/mol. The van der Waals surface area contributed by atoms with Crippen molar-refractivity contribution in [1.29, 1.82) is 0 Å². The third kappa shape index (κ3) is 28.7. The highest BCUT2D eigenvalue weighted by Gasteiger charge is 2.41. The van der Waals surface area contributed by atoms with E-state index in [9.17, 15) is 34.3 Å². The molecular formula is C43H79O12P. The Kier molecular flexibility index (Phi) is 30.1. The SMILES string of the molecule is CCCCC[C@H](O)/C=C/[C@@H]1[C@@H](CC(=O)CCCCC(=O)OC[C@H](COP(=O)(O)O)OC(=O)CCCCCCCCCCCCCCCCC(C)C)[C@@H](O)C[C@H]1O. The number of Topliss-reactive ketones (excluding diaryl/α,β-unsaturated/α-hetero) is 1. The predicted octanol–water partition coefficient (Wildman–Crippen LogP) is 8.82. The van der Waals surface area contributed by atoms with Crippen LogP contribution in [-0.4, -0.2) is 80.5 Å². The highest BCUT2D eigenvalue weighted by Crippen LogP contribution is 2.37. The van der Waals surface area contributed by atoms with Crippen LogP contribution in [0.15, 0.2) is 12.2 Å². The van der Waals surface area contributed by atoms with Gasteiger partial charge in [0.2, 0.25) is 0 Å². The predicted molar refractivity (Wildman–Crippen MR) is 219 cm³/mol. The van der Waals surface area contributed by atoms with E-state index < -0.39 is 69.2 Å². The van der Waals surface area contributed by atoms with Crippen molar-refractivity contribution < 1.29 is 58.1 Å². The van der Waals surface area contributed by atoms with Crippen LogP contribution >= 0.6 is 7.82 Å². The molecule has 0 heterocycles. The molecule has 0 bridgehead atoms. The summed E-state index contributed by atoms with van der Waals surface area (Å²) in [6.07, 6.45) is 22.8. The number of hydrogen-bond donors (Lipinski definition) is 5. The Hall–Kier alpha value is -1.66. The van der Waals surface area contributed by atoms with Crippen molar-refractivity contribution in [3.63, 3.8) is 0 Å². The number of unbranched alkanes of at least 4 members (excludes halogenated alkanes) is 16. The number of aliphatic hydroxyl groups is 3. The number of rotatable bonds is 36. The van der Waals surface area contributed by atoms with Crippen molar-refractivity contribution in [3.8, 4) is 0 Å². The molecule has 1 fully saturated rings. The Morgan fingerprint density at radius 2 is 1.21 bits per heavy atom. The molecule has 0 amide bonds. The summed E-state index contributed by atoms with van der Waals surface area (Å²) in [7, 11) is -4.84. The number of carbonyl (C=O) groups is 3. The van der Waals surface area contributed by atoms with Gasteiger partial charge in [0.05, 0.1) is 24.9 Å². The van der Waals surface area contributed by atoms with Crippen LogP contribution in [0.2, 0.25) is 0 Å². The van der Waals surface area contributed by atoms with Crippen LogP contribution in [-0.2, 0) is 32.9 Å². The molecule has 0 aromatic carbocycles. The summed E-state index contributed by atoms with van der Waals surface area (Å²) >= 11 is 0. The van der Waals surface area contributed by atoms with Crippen molar-refractivity contribution in [2.45, 2.75) is 212 Å². The Morgan fingerprint density at radius 3 is 1.79 bits per heavy atom. The molecule has 0 radical (unpaired) electrons. The van der Waals surface area contributed by atoms with Crippen LogP contribution in [0.3, 0.4) is 0 Å². The largest absolute Gasteiger partial charge is 0.469 e. The summed E-state index contributed by atoms with van der Waals surface area (Å²) < 4.78 is 26.3. The van der Waals surface area contributed by atoms with Gasteiger partial charge in [0.15, 0.2) is 6.10 Å². The number of aliphatic hydroxyl groups excluding tert-OH is 3. The van der Waals surface area contributed by atoms with Gasteiger partial charge < -0.3 is 34.6 Å². The topological polar surface area (TPSA) is 197 Å². The molecule has 5 N–H and O–H groups in total. The maximum absolute atomic E-state index is 12.8. The molecule has 0 spiro atoms. The average molecular weight is 819 g/mol. The van der Waals surface area contributed by atoms with Gasteiger partial charge in [0, 0.05) is 43.9 Å². The first-order valence-corrected chi connectivity index (χ1v) is 23.5. The van der Waals surface area contributed by atoms with Gasteiger partial charge in [0.25, 0.3) is 0 Å². The lowest BCUT2D eigenvalue weighted by molar-refractivity contribution is -0.161. The van der Waals surface area contributed by atoms with Gasteiger partial charge in [-0.25, -0.2) is 4.57 Å².